The Hall–Kier alpha value is -2.17. The Labute approximate surface area is 148 Å². The van der Waals surface area contributed by atoms with Gasteiger partial charge in [-0.15, -0.1) is 0 Å². The lowest BCUT2D eigenvalue weighted by Gasteiger charge is -2.16. The van der Waals surface area contributed by atoms with E-state index in [9.17, 15) is 8.42 Å². The summed E-state index contributed by atoms with van der Waals surface area (Å²) in [6, 6.07) is 19.1. The minimum atomic E-state index is -3.56. The average Bonchev–Trinajstić information content (AvgIpc) is 3.08. The Kier molecular flexibility index (Phi) is 4.10. The predicted octanol–water partition coefficient (Wildman–Crippen LogP) is 4.37. The smallest absolute Gasteiger partial charge is 0.207 e. The van der Waals surface area contributed by atoms with Crippen LogP contribution in [-0.4, -0.2) is 8.42 Å². The van der Waals surface area contributed by atoms with Crippen LogP contribution in [0.5, 0.6) is 0 Å². The Balaban J connectivity index is 1.61. The summed E-state index contributed by atoms with van der Waals surface area (Å²) < 4.78 is 28.4. The van der Waals surface area contributed by atoms with Crippen LogP contribution in [0.15, 0.2) is 65.6 Å². The maximum absolute atomic E-state index is 12.8. The van der Waals surface area contributed by atoms with Gasteiger partial charge in [0.2, 0.25) is 10.0 Å². The second kappa shape index (κ2) is 6.28. The molecule has 0 spiro atoms. The van der Waals surface area contributed by atoms with Crippen LogP contribution in [0.3, 0.4) is 0 Å². The third kappa shape index (κ3) is 3.20. The van der Waals surface area contributed by atoms with Gasteiger partial charge < -0.3 is 0 Å². The van der Waals surface area contributed by atoms with Crippen molar-refractivity contribution in [2.24, 2.45) is 0 Å². The molecule has 1 aliphatic carbocycles. The molecule has 4 heteroatoms. The van der Waals surface area contributed by atoms with Crippen LogP contribution in [0.2, 0.25) is 0 Å². The molecule has 0 bridgehead atoms. The van der Waals surface area contributed by atoms with E-state index in [1.807, 2.05) is 43.3 Å². The quantitative estimate of drug-likeness (QED) is 0.759. The van der Waals surface area contributed by atoms with E-state index in [0.717, 1.165) is 29.2 Å². The van der Waals surface area contributed by atoms with Gasteiger partial charge in [0, 0.05) is 6.04 Å². The zero-order chi connectivity index (χ0) is 17.4. The van der Waals surface area contributed by atoms with E-state index in [2.05, 4.69) is 16.9 Å². The van der Waals surface area contributed by atoms with E-state index in [-0.39, 0.29) is 6.04 Å². The number of aryl methyl sites for hydroxylation is 2. The molecular weight excluding hydrogens is 330 g/mol. The summed E-state index contributed by atoms with van der Waals surface area (Å²) in [4.78, 5) is 0.305. The maximum Gasteiger partial charge on any atom is 0.241 e. The fraction of sp³-hybridized carbons (Fsp3) is 0.238. The molecule has 1 atom stereocenters. The molecular formula is C21H21NO2S. The van der Waals surface area contributed by atoms with Gasteiger partial charge in [0.1, 0.15) is 0 Å². The molecule has 0 aliphatic heterocycles. The highest BCUT2D eigenvalue weighted by atomic mass is 32.2. The van der Waals surface area contributed by atoms with Crippen LogP contribution in [0.1, 0.15) is 36.1 Å². The fourth-order valence-corrected chi connectivity index (χ4v) is 4.83. The first-order valence-electron chi connectivity index (χ1n) is 8.66. The van der Waals surface area contributed by atoms with Crippen molar-refractivity contribution in [3.05, 3.63) is 77.4 Å². The minimum absolute atomic E-state index is 0.262. The molecule has 0 heterocycles. The SMILES string of the molecule is CC(NS(=O)(=O)c1ccc2ccccc2c1)c1ccc2c(c1)CCC2. The second-order valence-electron chi connectivity index (χ2n) is 6.73. The highest BCUT2D eigenvalue weighted by molar-refractivity contribution is 7.89. The van der Waals surface area contributed by atoms with E-state index in [4.69, 9.17) is 0 Å². The van der Waals surface area contributed by atoms with Gasteiger partial charge >= 0.3 is 0 Å². The van der Waals surface area contributed by atoms with Gasteiger partial charge in [0.25, 0.3) is 0 Å². The summed E-state index contributed by atoms with van der Waals surface area (Å²) in [5, 5.41) is 1.96. The molecule has 3 aromatic rings. The monoisotopic (exact) mass is 351 g/mol. The van der Waals surface area contributed by atoms with Crippen LogP contribution in [0, 0.1) is 0 Å². The second-order valence-corrected chi connectivity index (χ2v) is 8.45. The van der Waals surface area contributed by atoms with Gasteiger partial charge in [-0.25, -0.2) is 13.1 Å². The first-order valence-corrected chi connectivity index (χ1v) is 10.1. The van der Waals surface area contributed by atoms with Crippen molar-refractivity contribution in [2.75, 3.05) is 0 Å². The minimum Gasteiger partial charge on any atom is -0.207 e. The van der Waals surface area contributed by atoms with E-state index in [0.29, 0.717) is 4.90 Å². The zero-order valence-corrected chi connectivity index (χ0v) is 15.0. The third-order valence-corrected chi connectivity index (χ3v) is 6.52. The molecule has 128 valence electrons. The van der Waals surface area contributed by atoms with Crippen molar-refractivity contribution in [3.8, 4) is 0 Å². The summed E-state index contributed by atoms with van der Waals surface area (Å²) in [6.07, 6.45) is 3.41. The topological polar surface area (TPSA) is 46.2 Å². The summed E-state index contributed by atoms with van der Waals surface area (Å²) in [5.74, 6) is 0. The highest BCUT2D eigenvalue weighted by Crippen LogP contribution is 2.26. The number of fused-ring (bicyclic) bond motifs is 2. The molecule has 0 saturated carbocycles. The van der Waals surface area contributed by atoms with Gasteiger partial charge in [-0.05, 0) is 65.8 Å². The zero-order valence-electron chi connectivity index (χ0n) is 14.2. The van der Waals surface area contributed by atoms with Crippen molar-refractivity contribution in [1.29, 1.82) is 0 Å². The number of sulfonamides is 1. The lowest BCUT2D eigenvalue weighted by atomic mass is 10.0. The molecule has 0 aromatic heterocycles. The number of benzene rings is 3. The summed E-state index contributed by atoms with van der Waals surface area (Å²) in [5.41, 5.74) is 3.77. The molecule has 1 unspecified atom stereocenters. The lowest BCUT2D eigenvalue weighted by molar-refractivity contribution is 0.567. The van der Waals surface area contributed by atoms with Gasteiger partial charge in [-0.2, -0.15) is 0 Å². The number of hydrogen-bond donors (Lipinski definition) is 1. The van der Waals surface area contributed by atoms with Gasteiger partial charge in [0.15, 0.2) is 0 Å². The molecule has 0 saturated heterocycles. The molecule has 0 fully saturated rings. The largest absolute Gasteiger partial charge is 0.241 e. The van der Waals surface area contributed by atoms with E-state index >= 15 is 0 Å². The molecule has 0 radical (unpaired) electrons. The van der Waals surface area contributed by atoms with E-state index in [1.54, 1.807) is 12.1 Å². The first-order chi connectivity index (χ1) is 12.0. The van der Waals surface area contributed by atoms with Crippen molar-refractivity contribution < 1.29 is 8.42 Å². The van der Waals surface area contributed by atoms with Crippen LogP contribution >= 0.6 is 0 Å². The van der Waals surface area contributed by atoms with Crippen molar-refractivity contribution >= 4 is 20.8 Å². The van der Waals surface area contributed by atoms with Crippen molar-refractivity contribution in [2.45, 2.75) is 37.1 Å². The van der Waals surface area contributed by atoms with Gasteiger partial charge in [0.05, 0.1) is 4.90 Å². The van der Waals surface area contributed by atoms with Gasteiger partial charge in [-0.1, -0.05) is 48.5 Å². The number of rotatable bonds is 4. The lowest BCUT2D eigenvalue weighted by Crippen LogP contribution is -2.27. The van der Waals surface area contributed by atoms with Crippen LogP contribution < -0.4 is 4.72 Å². The Morgan fingerprint density at radius 2 is 1.64 bits per heavy atom. The first kappa shape index (κ1) is 16.3. The summed E-state index contributed by atoms with van der Waals surface area (Å²) in [7, 11) is -3.56. The predicted molar refractivity (Wildman–Crippen MR) is 101 cm³/mol. The van der Waals surface area contributed by atoms with E-state index < -0.39 is 10.0 Å². The van der Waals surface area contributed by atoms with Gasteiger partial charge in [-0.3, -0.25) is 0 Å². The van der Waals surface area contributed by atoms with Crippen molar-refractivity contribution in [3.63, 3.8) is 0 Å². The average molecular weight is 351 g/mol. The van der Waals surface area contributed by atoms with Crippen molar-refractivity contribution in [1.82, 2.24) is 4.72 Å². The molecule has 1 aliphatic rings. The highest BCUT2D eigenvalue weighted by Gasteiger charge is 2.20. The number of hydrogen-bond acceptors (Lipinski definition) is 2. The molecule has 3 aromatic carbocycles. The standard InChI is InChI=1S/C21H21NO2S/c1-15(18-10-9-17-7-4-8-19(17)13-18)22-25(23,24)21-12-11-16-5-2-3-6-20(16)14-21/h2-3,5-6,9-15,22H,4,7-8H2,1H3. The Morgan fingerprint density at radius 1 is 0.880 bits per heavy atom. The Bertz CT molecular complexity index is 1040. The fourth-order valence-electron chi connectivity index (χ4n) is 3.56. The van der Waals surface area contributed by atoms with Crippen LogP contribution in [0.4, 0.5) is 0 Å². The molecule has 3 nitrogen and oxygen atoms in total. The van der Waals surface area contributed by atoms with E-state index in [1.165, 1.54) is 17.5 Å². The van der Waals surface area contributed by atoms with Crippen LogP contribution in [-0.2, 0) is 22.9 Å². The molecule has 4 rings (SSSR count). The molecule has 25 heavy (non-hydrogen) atoms. The summed E-state index contributed by atoms with van der Waals surface area (Å²) >= 11 is 0. The Morgan fingerprint density at radius 3 is 2.48 bits per heavy atom. The van der Waals surface area contributed by atoms with Crippen LogP contribution in [0.25, 0.3) is 10.8 Å². The molecule has 1 N–H and O–H groups in total. The summed E-state index contributed by atoms with van der Waals surface area (Å²) in [6.45, 7) is 1.90. The maximum atomic E-state index is 12.8. The normalized spacial score (nSPS) is 15.2. The third-order valence-electron chi connectivity index (χ3n) is 4.99. The molecule has 0 amide bonds. The number of nitrogens with one attached hydrogen (secondary N) is 1.